The summed E-state index contributed by atoms with van der Waals surface area (Å²) in [5.41, 5.74) is 0.0344. The van der Waals surface area contributed by atoms with E-state index in [1.165, 1.54) is 109 Å². The SMILES string of the molecule is CCCCC1(C#N)CCCC(C2CCC([C@H]3CC[C@H](CCCC)CC3)CC2)C1. The van der Waals surface area contributed by atoms with E-state index >= 15 is 0 Å². The minimum Gasteiger partial charge on any atom is -0.198 e. The summed E-state index contributed by atoms with van der Waals surface area (Å²) in [5.74, 6) is 4.93. The molecule has 0 saturated heterocycles. The summed E-state index contributed by atoms with van der Waals surface area (Å²) >= 11 is 0. The van der Waals surface area contributed by atoms with E-state index in [4.69, 9.17) is 0 Å². The smallest absolute Gasteiger partial charge is 0.0689 e. The number of nitriles is 1. The van der Waals surface area contributed by atoms with E-state index < -0.39 is 0 Å². The van der Waals surface area contributed by atoms with Gasteiger partial charge in [-0.1, -0.05) is 71.6 Å². The van der Waals surface area contributed by atoms with Crippen LogP contribution in [-0.2, 0) is 0 Å². The van der Waals surface area contributed by atoms with E-state index in [1.807, 2.05) is 0 Å². The summed E-state index contributed by atoms with van der Waals surface area (Å²) in [4.78, 5) is 0. The zero-order chi connectivity index (χ0) is 19.8. The maximum absolute atomic E-state index is 9.92. The van der Waals surface area contributed by atoms with E-state index in [0.717, 1.165) is 36.0 Å². The Morgan fingerprint density at radius 2 is 1.32 bits per heavy atom. The maximum Gasteiger partial charge on any atom is 0.0689 e. The predicted octanol–water partition coefficient (Wildman–Crippen LogP) is 8.68. The van der Waals surface area contributed by atoms with Crippen molar-refractivity contribution in [3.05, 3.63) is 0 Å². The molecule has 1 heteroatoms. The molecule has 3 aliphatic carbocycles. The van der Waals surface area contributed by atoms with Crippen LogP contribution >= 0.6 is 0 Å². The lowest BCUT2D eigenvalue weighted by Gasteiger charge is -2.43. The zero-order valence-electron chi connectivity index (χ0n) is 19.1. The topological polar surface area (TPSA) is 23.8 Å². The molecule has 0 aliphatic heterocycles. The van der Waals surface area contributed by atoms with Crippen LogP contribution in [0.1, 0.15) is 129 Å². The summed E-state index contributed by atoms with van der Waals surface area (Å²) in [6.07, 6.45) is 25.1. The van der Waals surface area contributed by atoms with Crippen molar-refractivity contribution in [1.29, 1.82) is 5.26 Å². The van der Waals surface area contributed by atoms with Crippen LogP contribution in [0.4, 0.5) is 0 Å². The van der Waals surface area contributed by atoms with Gasteiger partial charge >= 0.3 is 0 Å². The molecule has 0 aromatic rings. The molecule has 0 spiro atoms. The fraction of sp³-hybridized carbons (Fsp3) is 0.963. The summed E-state index contributed by atoms with van der Waals surface area (Å²) in [6.45, 7) is 4.60. The lowest BCUT2D eigenvalue weighted by atomic mass is 9.61. The molecule has 0 radical (unpaired) electrons. The molecule has 1 nitrogen and oxygen atoms in total. The number of unbranched alkanes of at least 4 members (excludes halogenated alkanes) is 2. The average Bonchev–Trinajstić information content (AvgIpc) is 2.77. The van der Waals surface area contributed by atoms with Crippen LogP contribution in [0.25, 0.3) is 0 Å². The van der Waals surface area contributed by atoms with Crippen LogP contribution in [0.15, 0.2) is 0 Å². The molecule has 2 unspecified atom stereocenters. The van der Waals surface area contributed by atoms with Crippen LogP contribution in [0.2, 0.25) is 0 Å². The quantitative estimate of drug-likeness (QED) is 0.410. The third-order valence-corrected chi connectivity index (χ3v) is 9.14. The van der Waals surface area contributed by atoms with E-state index in [0.29, 0.717) is 0 Å². The van der Waals surface area contributed by atoms with Crippen molar-refractivity contribution in [1.82, 2.24) is 0 Å². The van der Waals surface area contributed by atoms with Gasteiger partial charge in [-0.05, 0) is 87.4 Å². The number of hydrogen-bond donors (Lipinski definition) is 0. The van der Waals surface area contributed by atoms with Crippen LogP contribution in [0, 0.1) is 46.3 Å². The lowest BCUT2D eigenvalue weighted by molar-refractivity contribution is 0.0815. The van der Waals surface area contributed by atoms with E-state index in [9.17, 15) is 5.26 Å². The molecule has 0 heterocycles. The Morgan fingerprint density at radius 3 is 1.89 bits per heavy atom. The lowest BCUT2D eigenvalue weighted by Crippen LogP contribution is -2.34. The van der Waals surface area contributed by atoms with E-state index in [1.54, 1.807) is 0 Å². The van der Waals surface area contributed by atoms with Crippen molar-refractivity contribution >= 4 is 0 Å². The van der Waals surface area contributed by atoms with Crippen LogP contribution in [0.3, 0.4) is 0 Å². The van der Waals surface area contributed by atoms with Crippen LogP contribution in [-0.4, -0.2) is 0 Å². The summed E-state index contributed by atoms with van der Waals surface area (Å²) in [6, 6.07) is 2.80. The van der Waals surface area contributed by atoms with Crippen molar-refractivity contribution in [2.24, 2.45) is 35.0 Å². The van der Waals surface area contributed by atoms with Gasteiger partial charge in [0.15, 0.2) is 0 Å². The Morgan fingerprint density at radius 1 is 0.750 bits per heavy atom. The normalized spacial score (nSPS) is 39.4. The van der Waals surface area contributed by atoms with Crippen molar-refractivity contribution in [2.75, 3.05) is 0 Å². The predicted molar refractivity (Wildman–Crippen MR) is 120 cm³/mol. The van der Waals surface area contributed by atoms with Gasteiger partial charge in [0.25, 0.3) is 0 Å². The Kier molecular flexibility index (Phi) is 8.74. The van der Waals surface area contributed by atoms with Crippen LogP contribution in [0.5, 0.6) is 0 Å². The fourth-order valence-corrected chi connectivity index (χ4v) is 7.24. The van der Waals surface area contributed by atoms with E-state index in [2.05, 4.69) is 19.9 Å². The van der Waals surface area contributed by atoms with Crippen molar-refractivity contribution in [3.8, 4) is 6.07 Å². The van der Waals surface area contributed by atoms with Gasteiger partial charge in [-0.2, -0.15) is 5.26 Å². The molecule has 3 saturated carbocycles. The molecule has 28 heavy (non-hydrogen) atoms. The standard InChI is InChI=1S/C27H47N/c1-3-5-8-22-10-12-23(13-11-22)24-14-16-25(17-15-24)26-9-7-19-27(20-26,21-28)18-6-4-2/h22-26H,3-20H2,1-2H3/t22-,23-,24?,25?,26?,27?. The molecule has 160 valence electrons. The first-order chi connectivity index (χ1) is 13.7. The van der Waals surface area contributed by atoms with Crippen molar-refractivity contribution < 1.29 is 0 Å². The van der Waals surface area contributed by atoms with Gasteiger partial charge < -0.3 is 0 Å². The van der Waals surface area contributed by atoms with Gasteiger partial charge in [0, 0.05) is 0 Å². The van der Waals surface area contributed by atoms with Crippen LogP contribution < -0.4 is 0 Å². The van der Waals surface area contributed by atoms with Gasteiger partial charge in [0.2, 0.25) is 0 Å². The molecule has 0 aromatic heterocycles. The first-order valence-electron chi connectivity index (χ1n) is 13.1. The monoisotopic (exact) mass is 385 g/mol. The largest absolute Gasteiger partial charge is 0.198 e. The maximum atomic E-state index is 9.92. The third-order valence-electron chi connectivity index (χ3n) is 9.14. The highest BCUT2D eigenvalue weighted by molar-refractivity contribution is 5.03. The molecular weight excluding hydrogens is 338 g/mol. The first kappa shape index (κ1) is 22.2. The molecule has 0 bridgehead atoms. The van der Waals surface area contributed by atoms with Crippen molar-refractivity contribution in [2.45, 2.75) is 129 Å². The Bertz CT molecular complexity index is 475. The molecule has 0 N–H and O–H groups in total. The molecule has 0 amide bonds. The Labute approximate surface area is 176 Å². The summed E-state index contributed by atoms with van der Waals surface area (Å²) < 4.78 is 0. The Hall–Kier alpha value is -0.510. The number of nitrogens with zero attached hydrogens (tertiary/aromatic N) is 1. The highest BCUT2D eigenvalue weighted by atomic mass is 14.5. The molecule has 3 rings (SSSR count). The molecule has 3 fully saturated rings. The summed E-state index contributed by atoms with van der Waals surface area (Å²) in [5, 5.41) is 9.92. The summed E-state index contributed by atoms with van der Waals surface area (Å²) in [7, 11) is 0. The first-order valence-corrected chi connectivity index (χ1v) is 13.1. The molecule has 2 atom stereocenters. The molecular formula is C27H47N. The van der Waals surface area contributed by atoms with Gasteiger partial charge in [0.1, 0.15) is 0 Å². The third kappa shape index (κ3) is 5.77. The van der Waals surface area contributed by atoms with Gasteiger partial charge in [-0.25, -0.2) is 0 Å². The van der Waals surface area contributed by atoms with Crippen molar-refractivity contribution in [3.63, 3.8) is 0 Å². The van der Waals surface area contributed by atoms with Gasteiger partial charge in [-0.3, -0.25) is 0 Å². The molecule has 3 aliphatic rings. The minimum atomic E-state index is 0.0344. The highest BCUT2D eigenvalue weighted by Crippen LogP contribution is 2.50. The van der Waals surface area contributed by atoms with Gasteiger partial charge in [-0.15, -0.1) is 0 Å². The highest BCUT2D eigenvalue weighted by Gasteiger charge is 2.40. The second-order valence-corrected chi connectivity index (χ2v) is 11.0. The Balaban J connectivity index is 1.43. The van der Waals surface area contributed by atoms with E-state index in [-0.39, 0.29) is 5.41 Å². The average molecular weight is 386 g/mol. The minimum absolute atomic E-state index is 0.0344. The number of hydrogen-bond acceptors (Lipinski definition) is 1. The fourth-order valence-electron chi connectivity index (χ4n) is 7.24. The zero-order valence-corrected chi connectivity index (χ0v) is 19.1. The van der Waals surface area contributed by atoms with Gasteiger partial charge in [0.05, 0.1) is 11.5 Å². The second kappa shape index (κ2) is 11.0. The molecule has 0 aromatic carbocycles. The number of rotatable bonds is 8. The second-order valence-electron chi connectivity index (χ2n) is 11.0.